The number of halogens is 3. The molecule has 0 atom stereocenters. The highest BCUT2D eigenvalue weighted by atomic mass is 19.4. The van der Waals surface area contributed by atoms with Gasteiger partial charge in [0.25, 0.3) is 0 Å². The first-order chi connectivity index (χ1) is 10.3. The van der Waals surface area contributed by atoms with Crippen LogP contribution in [0.25, 0.3) is 0 Å². The number of nitrogens with one attached hydrogen (secondary N) is 1. The van der Waals surface area contributed by atoms with E-state index in [1.54, 1.807) is 4.57 Å². The van der Waals surface area contributed by atoms with Gasteiger partial charge in [-0.05, 0) is 26.7 Å². The van der Waals surface area contributed by atoms with Crippen LogP contribution in [0.15, 0.2) is 6.33 Å². The predicted molar refractivity (Wildman–Crippen MR) is 74.1 cm³/mol. The normalized spacial score (nSPS) is 17.9. The quantitative estimate of drug-likeness (QED) is 0.908. The van der Waals surface area contributed by atoms with Crippen molar-refractivity contribution in [3.05, 3.63) is 12.2 Å². The SMILES string of the molecule is CC(C)n1cnnc1CC(=O)NCC1(C(F)(F)F)CCCC1. The van der Waals surface area contributed by atoms with Crippen LogP contribution in [0.2, 0.25) is 0 Å². The lowest BCUT2D eigenvalue weighted by Gasteiger charge is -2.31. The molecule has 1 saturated carbocycles. The Morgan fingerprint density at radius 1 is 1.41 bits per heavy atom. The van der Waals surface area contributed by atoms with E-state index in [1.165, 1.54) is 6.33 Å². The number of amides is 1. The van der Waals surface area contributed by atoms with Gasteiger partial charge < -0.3 is 9.88 Å². The summed E-state index contributed by atoms with van der Waals surface area (Å²) in [4.78, 5) is 12.0. The molecule has 1 aliphatic carbocycles. The predicted octanol–water partition coefficient (Wildman–Crippen LogP) is 2.64. The van der Waals surface area contributed by atoms with Crippen molar-refractivity contribution in [2.45, 2.75) is 58.2 Å². The van der Waals surface area contributed by atoms with Crippen LogP contribution >= 0.6 is 0 Å². The fraction of sp³-hybridized carbons (Fsp3) is 0.786. The molecule has 1 heterocycles. The van der Waals surface area contributed by atoms with Gasteiger partial charge in [-0.2, -0.15) is 13.2 Å². The number of carbonyl (C=O) groups is 1. The Morgan fingerprint density at radius 3 is 2.59 bits per heavy atom. The Bertz CT molecular complexity index is 518. The molecule has 1 amide bonds. The number of hydrogen-bond acceptors (Lipinski definition) is 3. The van der Waals surface area contributed by atoms with Crippen molar-refractivity contribution in [2.24, 2.45) is 5.41 Å². The summed E-state index contributed by atoms with van der Waals surface area (Å²) in [5, 5.41) is 10.0. The third kappa shape index (κ3) is 3.41. The van der Waals surface area contributed by atoms with Crippen molar-refractivity contribution in [2.75, 3.05) is 6.54 Å². The molecule has 0 spiro atoms. The topological polar surface area (TPSA) is 59.8 Å². The molecule has 8 heteroatoms. The van der Waals surface area contributed by atoms with Crippen LogP contribution in [0.1, 0.15) is 51.4 Å². The summed E-state index contributed by atoms with van der Waals surface area (Å²) in [6.45, 7) is 3.48. The van der Waals surface area contributed by atoms with Crippen molar-refractivity contribution < 1.29 is 18.0 Å². The van der Waals surface area contributed by atoms with Crippen molar-refractivity contribution in [1.82, 2.24) is 20.1 Å². The molecule has 0 bridgehead atoms. The summed E-state index contributed by atoms with van der Waals surface area (Å²) in [5.74, 6) is 0.00501. The molecular formula is C14H21F3N4O. The average Bonchev–Trinajstić information content (AvgIpc) is 3.04. The van der Waals surface area contributed by atoms with E-state index in [4.69, 9.17) is 0 Å². The minimum Gasteiger partial charge on any atom is -0.355 e. The van der Waals surface area contributed by atoms with Crippen molar-refractivity contribution in [3.8, 4) is 0 Å². The van der Waals surface area contributed by atoms with E-state index < -0.39 is 17.5 Å². The van der Waals surface area contributed by atoms with Gasteiger partial charge in [0.05, 0.1) is 11.8 Å². The van der Waals surface area contributed by atoms with E-state index in [-0.39, 0.29) is 31.8 Å². The Labute approximate surface area is 127 Å². The molecule has 22 heavy (non-hydrogen) atoms. The third-order valence-electron chi connectivity index (χ3n) is 4.31. The summed E-state index contributed by atoms with van der Waals surface area (Å²) >= 11 is 0. The van der Waals surface area contributed by atoms with Gasteiger partial charge in [-0.3, -0.25) is 4.79 Å². The van der Waals surface area contributed by atoms with E-state index in [0.29, 0.717) is 18.7 Å². The van der Waals surface area contributed by atoms with Crippen LogP contribution in [-0.2, 0) is 11.2 Å². The third-order valence-corrected chi connectivity index (χ3v) is 4.31. The van der Waals surface area contributed by atoms with E-state index in [1.807, 2.05) is 13.8 Å². The fourth-order valence-corrected chi connectivity index (χ4v) is 2.91. The molecule has 0 aromatic carbocycles. The minimum atomic E-state index is -4.28. The molecule has 0 radical (unpaired) electrons. The second kappa shape index (κ2) is 6.26. The molecule has 124 valence electrons. The molecule has 2 rings (SSSR count). The Hall–Kier alpha value is -1.60. The standard InChI is InChI=1S/C14H21F3N4O/c1-10(2)21-9-19-20-11(21)7-12(22)18-8-13(14(15,16)17)5-3-4-6-13/h9-10H,3-8H2,1-2H3,(H,18,22). The number of alkyl halides is 3. The first-order valence-electron chi connectivity index (χ1n) is 7.47. The summed E-state index contributed by atoms with van der Waals surface area (Å²) in [6.07, 6.45) is -1.56. The molecule has 0 aliphatic heterocycles. The van der Waals surface area contributed by atoms with E-state index in [9.17, 15) is 18.0 Å². The first-order valence-corrected chi connectivity index (χ1v) is 7.47. The van der Waals surface area contributed by atoms with Crippen molar-refractivity contribution >= 4 is 5.91 Å². The zero-order chi connectivity index (χ0) is 16.4. The zero-order valence-electron chi connectivity index (χ0n) is 12.8. The lowest BCUT2D eigenvalue weighted by Crippen LogP contribution is -2.46. The number of rotatable bonds is 5. The Morgan fingerprint density at radius 2 is 2.05 bits per heavy atom. The summed E-state index contributed by atoms with van der Waals surface area (Å²) in [7, 11) is 0. The van der Waals surface area contributed by atoms with Crippen LogP contribution in [0.4, 0.5) is 13.2 Å². The number of nitrogens with zero attached hydrogens (tertiary/aromatic N) is 3. The number of carbonyl (C=O) groups excluding carboxylic acids is 1. The van der Waals surface area contributed by atoms with Crippen LogP contribution in [0, 0.1) is 5.41 Å². The smallest absolute Gasteiger partial charge is 0.355 e. The summed E-state index contributed by atoms with van der Waals surface area (Å²) in [6, 6.07) is 0.0918. The molecule has 0 unspecified atom stereocenters. The maximum Gasteiger partial charge on any atom is 0.396 e. The second-order valence-corrected chi connectivity index (χ2v) is 6.19. The number of aromatic nitrogens is 3. The van der Waals surface area contributed by atoms with E-state index >= 15 is 0 Å². The molecule has 1 aliphatic rings. The van der Waals surface area contributed by atoms with E-state index in [0.717, 1.165) is 0 Å². The van der Waals surface area contributed by atoms with Gasteiger partial charge in [0.2, 0.25) is 5.91 Å². The molecule has 1 fully saturated rings. The monoisotopic (exact) mass is 318 g/mol. The first kappa shape index (κ1) is 16.8. The molecule has 5 nitrogen and oxygen atoms in total. The summed E-state index contributed by atoms with van der Waals surface area (Å²) < 4.78 is 41.4. The summed E-state index contributed by atoms with van der Waals surface area (Å²) in [5.41, 5.74) is -1.77. The van der Waals surface area contributed by atoms with Gasteiger partial charge in [0.1, 0.15) is 12.2 Å². The van der Waals surface area contributed by atoms with Crippen LogP contribution in [0.5, 0.6) is 0 Å². The van der Waals surface area contributed by atoms with Crippen LogP contribution in [0.3, 0.4) is 0 Å². The van der Waals surface area contributed by atoms with Crippen molar-refractivity contribution in [3.63, 3.8) is 0 Å². The van der Waals surface area contributed by atoms with Gasteiger partial charge in [0, 0.05) is 12.6 Å². The lowest BCUT2D eigenvalue weighted by atomic mass is 9.85. The van der Waals surface area contributed by atoms with E-state index in [2.05, 4.69) is 15.5 Å². The van der Waals surface area contributed by atoms with Gasteiger partial charge in [-0.15, -0.1) is 10.2 Å². The highest BCUT2D eigenvalue weighted by Gasteiger charge is 2.55. The Kier molecular flexibility index (Phi) is 4.77. The van der Waals surface area contributed by atoms with Gasteiger partial charge >= 0.3 is 6.18 Å². The van der Waals surface area contributed by atoms with Crippen molar-refractivity contribution in [1.29, 1.82) is 0 Å². The molecule has 1 N–H and O–H groups in total. The average molecular weight is 318 g/mol. The largest absolute Gasteiger partial charge is 0.396 e. The van der Waals surface area contributed by atoms with Gasteiger partial charge in [0.15, 0.2) is 0 Å². The van der Waals surface area contributed by atoms with Gasteiger partial charge in [-0.1, -0.05) is 12.8 Å². The molecule has 0 saturated heterocycles. The molecule has 1 aromatic heterocycles. The minimum absolute atomic E-state index is 0.0634. The molecule has 1 aromatic rings. The zero-order valence-corrected chi connectivity index (χ0v) is 12.8. The number of hydrogen-bond donors (Lipinski definition) is 1. The molecular weight excluding hydrogens is 297 g/mol. The highest BCUT2D eigenvalue weighted by Crippen LogP contribution is 2.49. The lowest BCUT2D eigenvalue weighted by molar-refractivity contribution is -0.220. The maximum atomic E-state index is 13.2. The Balaban J connectivity index is 1.96. The fourth-order valence-electron chi connectivity index (χ4n) is 2.91. The second-order valence-electron chi connectivity index (χ2n) is 6.19. The van der Waals surface area contributed by atoms with Crippen LogP contribution in [-0.4, -0.2) is 33.4 Å². The highest BCUT2D eigenvalue weighted by molar-refractivity contribution is 5.77. The van der Waals surface area contributed by atoms with Gasteiger partial charge in [-0.25, -0.2) is 0 Å². The maximum absolute atomic E-state index is 13.2. The van der Waals surface area contributed by atoms with Crippen LogP contribution < -0.4 is 5.32 Å².